The third-order valence-corrected chi connectivity index (χ3v) is 13.4. The van der Waals surface area contributed by atoms with Crippen LogP contribution in [-0.4, -0.2) is 101 Å². The molecule has 0 aliphatic carbocycles. The van der Waals surface area contributed by atoms with Crippen molar-refractivity contribution in [1.82, 2.24) is 49.3 Å². The fourth-order valence-electron chi connectivity index (χ4n) is 8.36. The topological polar surface area (TPSA) is 206 Å². The van der Waals surface area contributed by atoms with Crippen LogP contribution >= 0.6 is 34.8 Å². The van der Waals surface area contributed by atoms with Gasteiger partial charge in [-0.3, -0.25) is 19.0 Å². The van der Waals surface area contributed by atoms with Crippen molar-refractivity contribution in [2.24, 2.45) is 11.5 Å². The lowest BCUT2D eigenvalue weighted by Gasteiger charge is -2.28. The zero-order valence-corrected chi connectivity index (χ0v) is 41.0. The molecule has 0 radical (unpaired) electrons. The van der Waals surface area contributed by atoms with Crippen LogP contribution in [0.5, 0.6) is 0 Å². The number of amides is 2. The van der Waals surface area contributed by atoms with E-state index >= 15 is 0 Å². The van der Waals surface area contributed by atoms with Crippen LogP contribution in [0, 0.1) is 0 Å². The number of primary amides is 2. The number of halogens is 3. The molecule has 69 heavy (non-hydrogen) atoms. The van der Waals surface area contributed by atoms with Crippen LogP contribution in [0.1, 0.15) is 123 Å². The third kappa shape index (κ3) is 16.3. The van der Waals surface area contributed by atoms with E-state index in [2.05, 4.69) is 59.9 Å². The molecule has 4 aromatic heterocycles. The maximum absolute atomic E-state index is 11.7. The largest absolute Gasteiger partial charge is 0.396 e. The molecule has 2 aromatic carbocycles. The molecule has 0 spiro atoms. The molecule has 2 amide bonds. The Hall–Kier alpha value is -5.45. The Morgan fingerprint density at radius 2 is 1.09 bits per heavy atom. The van der Waals surface area contributed by atoms with Crippen LogP contribution in [0.15, 0.2) is 85.7 Å². The lowest BCUT2D eigenvalue weighted by atomic mass is 9.92. The second-order valence-corrected chi connectivity index (χ2v) is 18.6. The number of benzene rings is 2. The fraction of sp³-hybridized carbons (Fsp3) is 0.451. The molecule has 15 nitrogen and oxygen atoms in total. The van der Waals surface area contributed by atoms with E-state index in [4.69, 9.17) is 57.0 Å². The van der Waals surface area contributed by atoms with Crippen molar-refractivity contribution in [3.05, 3.63) is 146 Å². The first-order chi connectivity index (χ1) is 32.1. The molecule has 2 atom stereocenters. The lowest BCUT2D eigenvalue weighted by Crippen LogP contribution is -2.31. The number of nitrogens with two attached hydrogens (primary N) is 3. The fourth-order valence-corrected chi connectivity index (χ4v) is 8.88. The zero-order chi connectivity index (χ0) is 48.0. The highest BCUT2D eigenvalue weighted by atomic mass is 35.5. The summed E-state index contributed by atoms with van der Waals surface area (Å²) in [5, 5.41) is 10.1. The number of carbonyl (C=O) groups is 2. The number of aryl methyl sites for hydroxylation is 4. The van der Waals surface area contributed by atoms with Crippen molar-refractivity contribution >= 4 is 52.3 Å². The van der Waals surface area contributed by atoms with Crippen LogP contribution in [0.25, 0.3) is 0 Å². The van der Waals surface area contributed by atoms with Gasteiger partial charge in [0.1, 0.15) is 5.82 Å². The zero-order valence-electron chi connectivity index (χ0n) is 38.7. The van der Waals surface area contributed by atoms with Crippen molar-refractivity contribution < 1.29 is 9.59 Å². The molecular weight excluding hydrogens is 933 g/mol. The van der Waals surface area contributed by atoms with Gasteiger partial charge in [-0.2, -0.15) is 10.2 Å². The van der Waals surface area contributed by atoms with Gasteiger partial charge in [-0.05, 0) is 145 Å². The normalized spacial score (nSPS) is 15.3. The van der Waals surface area contributed by atoms with Crippen molar-refractivity contribution in [1.29, 1.82) is 0 Å². The standard InChI is InChI=1S/C25H31ClN6O.C15H15Cl2N3O.C9H16N4.2CH4/c1-17(25(27)33)21-6-4-3-5-19(21)7-8-23-22(26)15-28-24(30-23)13-18-14-29-32(16-18)20-9-11-31(2)12-10-20;1-9(14(18)21)11-5-3-2-4-10(11)6-7-13-12(16)8-19-15(17)20-13;1-12-4-2-9(3-5-12)13-7-8(10)6-11-13;;/h3-6,14-17,20H,7-13H2,1-2H3,(H2,27,33);2-5,8-9H,6-7H2,1H3,(H2,18,21);6-7,9H,2-5,10H2,1H3;2*1H4. The second kappa shape index (κ2) is 27.1. The summed E-state index contributed by atoms with van der Waals surface area (Å²) in [5.74, 6) is -0.600. The average Bonchev–Trinajstić information content (AvgIpc) is 3.99. The molecule has 2 fully saturated rings. The Balaban J connectivity index is 0.000000246. The number of piperidine rings is 2. The first kappa shape index (κ1) is 56.1. The summed E-state index contributed by atoms with van der Waals surface area (Å²) in [6, 6.07) is 16.6. The van der Waals surface area contributed by atoms with Gasteiger partial charge in [-0.1, -0.05) is 86.6 Å². The Morgan fingerprint density at radius 3 is 1.57 bits per heavy atom. The predicted molar refractivity (Wildman–Crippen MR) is 279 cm³/mol. The van der Waals surface area contributed by atoms with Gasteiger partial charge in [0.25, 0.3) is 0 Å². The van der Waals surface area contributed by atoms with E-state index in [1.165, 1.54) is 19.0 Å². The Morgan fingerprint density at radius 1 is 0.638 bits per heavy atom. The second-order valence-electron chi connectivity index (χ2n) is 17.5. The molecule has 6 aromatic rings. The Bertz CT molecular complexity index is 2550. The van der Waals surface area contributed by atoms with E-state index in [1.807, 2.05) is 72.5 Å². The van der Waals surface area contributed by atoms with Gasteiger partial charge in [0, 0.05) is 25.0 Å². The summed E-state index contributed by atoms with van der Waals surface area (Å²) in [6.07, 6.45) is 18.8. The monoisotopic (exact) mass is 1000 g/mol. The van der Waals surface area contributed by atoms with Crippen LogP contribution < -0.4 is 17.2 Å². The van der Waals surface area contributed by atoms with Crippen LogP contribution in [-0.2, 0) is 41.7 Å². The van der Waals surface area contributed by atoms with E-state index in [0.717, 1.165) is 90.5 Å². The van der Waals surface area contributed by atoms with E-state index in [1.54, 1.807) is 19.3 Å². The van der Waals surface area contributed by atoms with Gasteiger partial charge in [-0.25, -0.2) is 19.9 Å². The molecule has 6 heterocycles. The highest BCUT2D eigenvalue weighted by Gasteiger charge is 2.21. The minimum atomic E-state index is -0.342. The lowest BCUT2D eigenvalue weighted by molar-refractivity contribution is -0.119. The van der Waals surface area contributed by atoms with Crippen LogP contribution in [0.2, 0.25) is 15.3 Å². The number of anilines is 1. The summed E-state index contributed by atoms with van der Waals surface area (Å²) >= 11 is 18.3. The molecular formula is C51H70Cl3N13O2. The first-order valence-corrected chi connectivity index (χ1v) is 23.9. The number of carbonyl (C=O) groups excluding carboxylic acids is 2. The smallest absolute Gasteiger partial charge is 0.224 e. The van der Waals surface area contributed by atoms with E-state index in [-0.39, 0.29) is 43.8 Å². The van der Waals surface area contributed by atoms with Crippen LogP contribution in [0.3, 0.4) is 0 Å². The molecule has 18 heteroatoms. The van der Waals surface area contributed by atoms with Crippen molar-refractivity contribution in [3.8, 4) is 0 Å². The minimum absolute atomic E-state index is 0. The molecule has 2 aliphatic heterocycles. The van der Waals surface area contributed by atoms with Crippen molar-refractivity contribution in [2.45, 2.75) is 110 Å². The predicted octanol–water partition coefficient (Wildman–Crippen LogP) is 8.72. The quantitative estimate of drug-likeness (QED) is 0.0880. The summed E-state index contributed by atoms with van der Waals surface area (Å²) in [6.45, 7) is 8.16. The summed E-state index contributed by atoms with van der Waals surface area (Å²) in [5.41, 5.74) is 23.9. The number of likely N-dealkylation sites (tertiary alicyclic amines) is 2. The summed E-state index contributed by atoms with van der Waals surface area (Å²) in [4.78, 5) is 44.9. The number of hydrogen-bond donors (Lipinski definition) is 3. The molecule has 2 aliphatic rings. The minimum Gasteiger partial charge on any atom is -0.396 e. The van der Waals surface area contributed by atoms with Crippen molar-refractivity contribution in [3.63, 3.8) is 0 Å². The highest BCUT2D eigenvalue weighted by Crippen LogP contribution is 2.26. The molecule has 0 saturated carbocycles. The number of aromatic nitrogens is 8. The molecule has 6 N–H and O–H groups in total. The average molecular weight is 1000 g/mol. The third-order valence-electron chi connectivity index (χ3n) is 12.6. The first-order valence-electron chi connectivity index (χ1n) is 22.8. The number of nitrogen functional groups attached to an aromatic ring is 1. The van der Waals surface area contributed by atoms with Gasteiger partial charge in [0.05, 0.1) is 69.6 Å². The molecule has 8 rings (SSSR count). The molecule has 0 bridgehead atoms. The Kier molecular flexibility index (Phi) is 22.0. The number of rotatable bonds is 14. The highest BCUT2D eigenvalue weighted by molar-refractivity contribution is 6.32. The molecule has 2 saturated heterocycles. The number of hydrogen-bond acceptors (Lipinski definition) is 11. The van der Waals surface area contributed by atoms with E-state index in [0.29, 0.717) is 53.5 Å². The summed E-state index contributed by atoms with van der Waals surface area (Å²) in [7, 11) is 4.32. The van der Waals surface area contributed by atoms with E-state index in [9.17, 15) is 9.59 Å². The number of nitrogens with zero attached hydrogens (tertiary/aromatic N) is 10. The molecule has 2 unspecified atom stereocenters. The summed E-state index contributed by atoms with van der Waals surface area (Å²) < 4.78 is 4.10. The SMILES string of the molecule is C.C.CC(C(N)=O)c1ccccc1CCc1nc(Cc2cnn(C3CCN(C)CC3)c2)ncc1Cl.CC(C(N)=O)c1ccccc1CCc1nc(Cl)ncc1Cl.CN1CCC(n2cc(N)cn2)CC1. The van der Waals surface area contributed by atoms with E-state index < -0.39 is 0 Å². The van der Waals surface area contributed by atoms with Crippen molar-refractivity contribution in [2.75, 3.05) is 46.0 Å². The van der Waals surface area contributed by atoms with Gasteiger partial charge in [0.15, 0.2) is 0 Å². The van der Waals surface area contributed by atoms with Gasteiger partial charge < -0.3 is 27.0 Å². The van der Waals surface area contributed by atoms with Gasteiger partial charge in [0.2, 0.25) is 17.1 Å². The van der Waals surface area contributed by atoms with Crippen LogP contribution in [0.4, 0.5) is 5.69 Å². The Labute approximate surface area is 423 Å². The molecule has 372 valence electrons. The van der Waals surface area contributed by atoms with Gasteiger partial charge >= 0.3 is 0 Å². The maximum atomic E-state index is 11.7. The van der Waals surface area contributed by atoms with Gasteiger partial charge in [-0.15, -0.1) is 0 Å². The maximum Gasteiger partial charge on any atom is 0.224 e.